The van der Waals surface area contributed by atoms with Crippen LogP contribution in [0.25, 0.3) is 0 Å². The number of carbonyl (C=O) groups is 2. The molecule has 6 nitrogen and oxygen atoms in total. The fourth-order valence-electron chi connectivity index (χ4n) is 2.37. The second kappa shape index (κ2) is 6.69. The van der Waals surface area contributed by atoms with Gasteiger partial charge in [-0.05, 0) is 17.7 Å². The third-order valence-electron chi connectivity index (χ3n) is 3.68. The van der Waals surface area contributed by atoms with Crippen molar-refractivity contribution in [3.63, 3.8) is 0 Å². The molecule has 21 heavy (non-hydrogen) atoms. The zero-order valence-corrected chi connectivity index (χ0v) is 12.3. The van der Waals surface area contributed by atoms with Crippen molar-refractivity contribution in [2.75, 3.05) is 27.3 Å². The summed E-state index contributed by atoms with van der Waals surface area (Å²) < 4.78 is 5.23. The van der Waals surface area contributed by atoms with Gasteiger partial charge in [-0.25, -0.2) is 0 Å². The minimum Gasteiger partial charge on any atom is -0.379 e. The second-order valence-corrected chi connectivity index (χ2v) is 5.28. The van der Waals surface area contributed by atoms with E-state index in [-0.39, 0.29) is 23.8 Å². The number of amides is 2. The first-order valence-corrected chi connectivity index (χ1v) is 6.92. The third-order valence-corrected chi connectivity index (χ3v) is 3.68. The minimum atomic E-state index is -0.264. The van der Waals surface area contributed by atoms with Crippen molar-refractivity contribution in [2.45, 2.75) is 12.6 Å². The van der Waals surface area contributed by atoms with Crippen LogP contribution in [0.3, 0.4) is 0 Å². The monoisotopic (exact) mass is 291 g/mol. The highest BCUT2D eigenvalue weighted by molar-refractivity contribution is 5.93. The molecular weight excluding hydrogens is 270 g/mol. The van der Waals surface area contributed by atoms with Crippen LogP contribution in [-0.4, -0.2) is 50.1 Å². The van der Waals surface area contributed by atoms with E-state index in [0.29, 0.717) is 25.3 Å². The van der Waals surface area contributed by atoms with Crippen molar-refractivity contribution < 1.29 is 14.3 Å². The molecule has 0 radical (unpaired) electrons. The number of ether oxygens (including phenoxy) is 1. The van der Waals surface area contributed by atoms with E-state index in [1.807, 2.05) is 12.1 Å². The van der Waals surface area contributed by atoms with Crippen molar-refractivity contribution in [1.82, 2.24) is 10.2 Å². The average Bonchev–Trinajstić information content (AvgIpc) is 2.92. The molecule has 6 heteroatoms. The Kier molecular flexibility index (Phi) is 4.93. The lowest BCUT2D eigenvalue weighted by Gasteiger charge is -2.22. The number of rotatable bonds is 4. The van der Waals surface area contributed by atoms with Crippen molar-refractivity contribution in [1.29, 1.82) is 0 Å². The van der Waals surface area contributed by atoms with Crippen molar-refractivity contribution in [3.8, 4) is 0 Å². The largest absolute Gasteiger partial charge is 0.379 e. The Bertz CT molecular complexity index is 515. The third kappa shape index (κ3) is 3.59. The number of hydrogen-bond donors (Lipinski definition) is 2. The summed E-state index contributed by atoms with van der Waals surface area (Å²) in [6.45, 7) is 1.31. The van der Waals surface area contributed by atoms with Gasteiger partial charge in [-0.3, -0.25) is 9.59 Å². The first-order valence-electron chi connectivity index (χ1n) is 6.92. The van der Waals surface area contributed by atoms with Gasteiger partial charge >= 0.3 is 0 Å². The van der Waals surface area contributed by atoms with E-state index in [1.165, 1.54) is 0 Å². The van der Waals surface area contributed by atoms with Crippen LogP contribution >= 0.6 is 0 Å². The number of nitrogens with two attached hydrogens (primary N) is 1. The van der Waals surface area contributed by atoms with Crippen molar-refractivity contribution >= 4 is 11.8 Å². The molecule has 0 bridgehead atoms. The van der Waals surface area contributed by atoms with Crippen LogP contribution in [0.5, 0.6) is 0 Å². The standard InChI is InChI=1S/C15H21N3O3/c1-17-14(19)11-5-3-10(4-6-11)7-18(2)15(20)12-8-21-9-13(12)16/h3-6,12-13H,7-9,16H2,1-2H3,(H,17,19). The Labute approximate surface area is 124 Å². The number of benzene rings is 1. The van der Waals surface area contributed by atoms with E-state index in [2.05, 4.69) is 5.32 Å². The van der Waals surface area contributed by atoms with Crippen LogP contribution in [0.15, 0.2) is 24.3 Å². The SMILES string of the molecule is CNC(=O)c1ccc(CN(C)C(=O)C2COCC2N)cc1. The molecule has 2 atom stereocenters. The fraction of sp³-hybridized carbons (Fsp3) is 0.467. The van der Waals surface area contributed by atoms with E-state index in [0.717, 1.165) is 5.56 Å². The molecule has 114 valence electrons. The van der Waals surface area contributed by atoms with Gasteiger partial charge in [-0.2, -0.15) is 0 Å². The van der Waals surface area contributed by atoms with Crippen LogP contribution < -0.4 is 11.1 Å². The Hall–Kier alpha value is -1.92. The van der Waals surface area contributed by atoms with Gasteiger partial charge in [0.15, 0.2) is 0 Å². The van der Waals surface area contributed by atoms with Crippen molar-refractivity contribution in [3.05, 3.63) is 35.4 Å². The number of nitrogens with zero attached hydrogens (tertiary/aromatic N) is 1. The molecule has 0 aliphatic carbocycles. The Morgan fingerprint density at radius 3 is 2.52 bits per heavy atom. The van der Waals surface area contributed by atoms with Gasteiger partial charge in [-0.15, -0.1) is 0 Å². The fourth-order valence-corrected chi connectivity index (χ4v) is 2.37. The first-order chi connectivity index (χ1) is 10.0. The predicted molar refractivity (Wildman–Crippen MR) is 78.6 cm³/mol. The van der Waals surface area contributed by atoms with Gasteiger partial charge in [0, 0.05) is 32.2 Å². The lowest BCUT2D eigenvalue weighted by Crippen LogP contribution is -2.41. The van der Waals surface area contributed by atoms with Gasteiger partial charge in [0.05, 0.1) is 19.1 Å². The molecule has 1 aliphatic rings. The van der Waals surface area contributed by atoms with Crippen molar-refractivity contribution in [2.24, 2.45) is 11.7 Å². The van der Waals surface area contributed by atoms with Crippen LogP contribution in [0.4, 0.5) is 0 Å². The number of nitrogens with one attached hydrogen (secondary N) is 1. The smallest absolute Gasteiger partial charge is 0.251 e. The molecule has 1 aromatic rings. The van der Waals surface area contributed by atoms with Gasteiger partial charge in [-0.1, -0.05) is 12.1 Å². The molecule has 1 saturated heterocycles. The van der Waals surface area contributed by atoms with Crippen LogP contribution in [0, 0.1) is 5.92 Å². The summed E-state index contributed by atoms with van der Waals surface area (Å²) in [5, 5.41) is 2.57. The first kappa shape index (κ1) is 15.5. The summed E-state index contributed by atoms with van der Waals surface area (Å²) in [6, 6.07) is 6.96. The highest BCUT2D eigenvalue weighted by Gasteiger charge is 2.33. The maximum atomic E-state index is 12.3. The molecule has 1 fully saturated rings. The summed E-state index contributed by atoms with van der Waals surface area (Å²) in [7, 11) is 3.34. The molecule has 0 spiro atoms. The Morgan fingerprint density at radius 1 is 1.33 bits per heavy atom. The molecule has 1 aromatic carbocycles. The molecule has 1 heterocycles. The van der Waals surface area contributed by atoms with Gasteiger partial charge in [0.1, 0.15) is 0 Å². The summed E-state index contributed by atoms with van der Waals surface area (Å²) in [5.41, 5.74) is 7.43. The molecule has 3 N–H and O–H groups in total. The lowest BCUT2D eigenvalue weighted by atomic mass is 10.0. The number of hydrogen-bond acceptors (Lipinski definition) is 4. The van der Waals surface area contributed by atoms with Gasteiger partial charge in [0.2, 0.25) is 5.91 Å². The van der Waals surface area contributed by atoms with Crippen LogP contribution in [0.2, 0.25) is 0 Å². The molecule has 2 amide bonds. The molecule has 2 unspecified atom stereocenters. The zero-order chi connectivity index (χ0) is 15.4. The Balaban J connectivity index is 1.97. The minimum absolute atomic E-state index is 0.00428. The molecule has 0 aromatic heterocycles. The summed E-state index contributed by atoms with van der Waals surface area (Å²) in [5.74, 6) is -0.393. The number of carbonyl (C=O) groups excluding carboxylic acids is 2. The van der Waals surface area contributed by atoms with Gasteiger partial charge in [0.25, 0.3) is 5.91 Å². The molecule has 2 rings (SSSR count). The highest BCUT2D eigenvalue weighted by atomic mass is 16.5. The Morgan fingerprint density at radius 2 is 2.00 bits per heavy atom. The van der Waals surface area contributed by atoms with Crippen LogP contribution in [0.1, 0.15) is 15.9 Å². The van der Waals surface area contributed by atoms with E-state index < -0.39 is 0 Å². The van der Waals surface area contributed by atoms with E-state index in [1.54, 1.807) is 31.1 Å². The molecule has 1 aliphatic heterocycles. The predicted octanol–water partition coefficient (Wildman–Crippen LogP) is -0.0217. The van der Waals surface area contributed by atoms with E-state index in [9.17, 15) is 9.59 Å². The van der Waals surface area contributed by atoms with E-state index in [4.69, 9.17) is 10.5 Å². The molecular formula is C15H21N3O3. The molecule has 0 saturated carbocycles. The van der Waals surface area contributed by atoms with Gasteiger partial charge < -0.3 is 20.7 Å². The average molecular weight is 291 g/mol. The summed E-state index contributed by atoms with van der Waals surface area (Å²) in [6.07, 6.45) is 0. The topological polar surface area (TPSA) is 84.7 Å². The maximum Gasteiger partial charge on any atom is 0.251 e. The van der Waals surface area contributed by atoms with E-state index >= 15 is 0 Å². The summed E-state index contributed by atoms with van der Waals surface area (Å²) >= 11 is 0. The second-order valence-electron chi connectivity index (χ2n) is 5.28. The quantitative estimate of drug-likeness (QED) is 0.816. The maximum absolute atomic E-state index is 12.3. The summed E-state index contributed by atoms with van der Waals surface area (Å²) in [4.78, 5) is 25.4. The van der Waals surface area contributed by atoms with Crippen LogP contribution in [-0.2, 0) is 16.1 Å². The lowest BCUT2D eigenvalue weighted by molar-refractivity contribution is -0.135. The normalized spacial score (nSPS) is 21.1. The zero-order valence-electron chi connectivity index (χ0n) is 12.3. The highest BCUT2D eigenvalue weighted by Crippen LogP contribution is 2.16.